The number of carbonyl (C=O) groups excluding carboxylic acids is 1. The summed E-state index contributed by atoms with van der Waals surface area (Å²) < 4.78 is 1.50. The minimum Gasteiger partial charge on any atom is -0.397 e. The normalized spacial score (nSPS) is 12.6. The van der Waals surface area contributed by atoms with Gasteiger partial charge in [0.2, 0.25) is 5.91 Å². The van der Waals surface area contributed by atoms with E-state index in [-0.39, 0.29) is 12.5 Å². The second-order valence-electron chi connectivity index (χ2n) is 5.09. The van der Waals surface area contributed by atoms with E-state index < -0.39 is 17.0 Å². The Labute approximate surface area is 161 Å². The number of aliphatic imine (C=N–C) groups is 1. The minimum atomic E-state index is -0.796. The number of nitrogens with zero attached hydrogens (tertiary/aromatic N) is 2. The fraction of sp³-hybridized carbons (Fsp3) is 0.385. The Bertz CT molecular complexity index is 646. The molecule has 0 heterocycles. The van der Waals surface area contributed by atoms with Crippen LogP contribution in [0.25, 0.3) is 0 Å². The van der Waals surface area contributed by atoms with Crippen molar-refractivity contribution in [2.45, 2.75) is 25.4 Å². The van der Waals surface area contributed by atoms with Crippen molar-refractivity contribution in [3.05, 3.63) is 36.8 Å². The number of carbonyl (C=O) groups is 1. The number of nitro groups is 1. The molecule has 10 nitrogen and oxygen atoms in total. The highest BCUT2D eigenvalue weighted by molar-refractivity contribution is 9.11. The molecule has 138 valence electrons. The summed E-state index contributed by atoms with van der Waals surface area (Å²) in [6, 6.07) is 3.13. The van der Waals surface area contributed by atoms with Crippen LogP contribution in [-0.2, 0) is 11.3 Å². The van der Waals surface area contributed by atoms with E-state index in [0.29, 0.717) is 25.1 Å². The lowest BCUT2D eigenvalue weighted by Gasteiger charge is -2.15. The lowest BCUT2D eigenvalue weighted by molar-refractivity contribution is -0.525. The Balaban J connectivity index is 2.53. The SMILES string of the molecule is NC(=O)[C@@H](CCCN=C(N)N[N+](=O)[O-])NCc1cc(Br)c(N)c(Br)c1. The van der Waals surface area contributed by atoms with Crippen LogP contribution in [0, 0.1) is 10.1 Å². The molecule has 0 fully saturated rings. The first-order valence-corrected chi connectivity index (χ1v) is 8.76. The van der Waals surface area contributed by atoms with Crippen LogP contribution in [0.3, 0.4) is 0 Å². The number of amides is 1. The van der Waals surface area contributed by atoms with Crippen molar-refractivity contribution in [3.63, 3.8) is 0 Å². The van der Waals surface area contributed by atoms with Crippen molar-refractivity contribution in [3.8, 4) is 0 Å². The maximum Gasteiger partial charge on any atom is 0.251 e. The molecule has 0 radical (unpaired) electrons. The third kappa shape index (κ3) is 7.67. The van der Waals surface area contributed by atoms with Gasteiger partial charge in [-0.3, -0.25) is 4.79 Å². The lowest BCUT2D eigenvalue weighted by Crippen LogP contribution is -2.41. The van der Waals surface area contributed by atoms with E-state index >= 15 is 0 Å². The van der Waals surface area contributed by atoms with E-state index in [2.05, 4.69) is 42.2 Å². The van der Waals surface area contributed by atoms with Crippen LogP contribution >= 0.6 is 31.9 Å². The van der Waals surface area contributed by atoms with E-state index in [1.807, 2.05) is 12.1 Å². The van der Waals surface area contributed by atoms with Crippen LogP contribution in [0.15, 0.2) is 26.1 Å². The fourth-order valence-corrected chi connectivity index (χ4v) is 3.23. The van der Waals surface area contributed by atoms with Crippen LogP contribution in [0.1, 0.15) is 18.4 Å². The number of primary amides is 1. The molecule has 1 atom stereocenters. The number of hydrogen-bond acceptors (Lipinski definition) is 6. The molecule has 0 bridgehead atoms. The number of anilines is 1. The highest BCUT2D eigenvalue weighted by Gasteiger charge is 2.15. The molecule has 0 aromatic heterocycles. The average molecular weight is 481 g/mol. The average Bonchev–Trinajstić information content (AvgIpc) is 2.50. The summed E-state index contributed by atoms with van der Waals surface area (Å²) in [5.41, 5.74) is 19.8. The van der Waals surface area contributed by atoms with Crippen molar-refractivity contribution in [2.75, 3.05) is 12.3 Å². The van der Waals surface area contributed by atoms with E-state index in [1.54, 1.807) is 5.43 Å². The molecule has 0 saturated carbocycles. The first-order valence-electron chi connectivity index (χ1n) is 7.17. The molecule has 0 saturated heterocycles. The highest BCUT2D eigenvalue weighted by atomic mass is 79.9. The standard InChI is InChI=1S/C13H19Br2N7O3/c14-8-4-7(5-9(15)11(8)16)6-20-10(12(17)23)2-1-3-19-13(18)21-22(24)25/h4-5,10,20H,1-3,6,16H2,(H2,17,23)(H3,18,19,21)/t10-/m1/s1. The number of rotatable bonds is 9. The predicted molar refractivity (Wildman–Crippen MR) is 102 cm³/mol. The topological polar surface area (TPSA) is 175 Å². The fourth-order valence-electron chi connectivity index (χ4n) is 1.95. The van der Waals surface area contributed by atoms with E-state index in [1.165, 1.54) is 0 Å². The summed E-state index contributed by atoms with van der Waals surface area (Å²) in [5, 5.41) is 12.4. The lowest BCUT2D eigenvalue weighted by atomic mass is 10.1. The molecule has 0 unspecified atom stereocenters. The Morgan fingerprint density at radius 3 is 2.44 bits per heavy atom. The number of guanidine groups is 1. The van der Waals surface area contributed by atoms with E-state index in [0.717, 1.165) is 14.5 Å². The zero-order valence-corrected chi connectivity index (χ0v) is 16.3. The third-order valence-electron chi connectivity index (χ3n) is 3.17. The van der Waals surface area contributed by atoms with Crippen molar-refractivity contribution >= 4 is 49.4 Å². The number of halogens is 2. The molecule has 25 heavy (non-hydrogen) atoms. The van der Waals surface area contributed by atoms with Gasteiger partial charge in [-0.15, -0.1) is 0 Å². The summed E-state index contributed by atoms with van der Waals surface area (Å²) in [4.78, 5) is 25.5. The molecule has 12 heteroatoms. The van der Waals surface area contributed by atoms with Gasteiger partial charge in [0, 0.05) is 22.0 Å². The zero-order valence-electron chi connectivity index (χ0n) is 13.2. The van der Waals surface area contributed by atoms with Crippen molar-refractivity contribution in [2.24, 2.45) is 16.5 Å². The molecule has 1 aromatic rings. The van der Waals surface area contributed by atoms with Crippen LogP contribution in [0.4, 0.5) is 5.69 Å². The molecule has 0 spiro atoms. The van der Waals surface area contributed by atoms with Gasteiger partial charge in [0.25, 0.3) is 5.96 Å². The Hall–Kier alpha value is -1.92. The van der Waals surface area contributed by atoms with Gasteiger partial charge in [0.05, 0.1) is 11.7 Å². The first kappa shape index (κ1) is 21.1. The number of nitrogens with two attached hydrogens (primary N) is 3. The quantitative estimate of drug-likeness (QED) is 0.0858. The van der Waals surface area contributed by atoms with Gasteiger partial charge < -0.3 is 22.5 Å². The zero-order chi connectivity index (χ0) is 19.0. The summed E-state index contributed by atoms with van der Waals surface area (Å²) in [6.45, 7) is 0.649. The van der Waals surface area contributed by atoms with Crippen LogP contribution in [0.5, 0.6) is 0 Å². The molecule has 0 aliphatic rings. The summed E-state index contributed by atoms with van der Waals surface area (Å²) >= 11 is 6.72. The Kier molecular flexibility index (Phi) is 8.58. The first-order chi connectivity index (χ1) is 11.7. The Morgan fingerprint density at radius 2 is 1.92 bits per heavy atom. The number of hydrazine groups is 1. The molecule has 0 aliphatic carbocycles. The van der Waals surface area contributed by atoms with Crippen LogP contribution in [0.2, 0.25) is 0 Å². The number of hydrogen-bond donors (Lipinski definition) is 5. The number of nitrogens with one attached hydrogen (secondary N) is 2. The van der Waals surface area contributed by atoms with Crippen LogP contribution in [-0.4, -0.2) is 29.5 Å². The van der Waals surface area contributed by atoms with Gasteiger partial charge in [-0.05, 0) is 62.4 Å². The highest BCUT2D eigenvalue weighted by Crippen LogP contribution is 2.29. The maximum absolute atomic E-state index is 11.5. The van der Waals surface area contributed by atoms with Crippen molar-refractivity contribution in [1.82, 2.24) is 10.7 Å². The molecule has 0 aliphatic heterocycles. The van der Waals surface area contributed by atoms with Crippen molar-refractivity contribution in [1.29, 1.82) is 0 Å². The smallest absolute Gasteiger partial charge is 0.251 e. The monoisotopic (exact) mass is 479 g/mol. The van der Waals surface area contributed by atoms with Gasteiger partial charge in [0.15, 0.2) is 5.03 Å². The molecule has 8 N–H and O–H groups in total. The van der Waals surface area contributed by atoms with Gasteiger partial charge in [-0.1, -0.05) is 5.43 Å². The number of nitrogen functional groups attached to an aromatic ring is 1. The van der Waals surface area contributed by atoms with Gasteiger partial charge in [-0.2, -0.15) is 0 Å². The van der Waals surface area contributed by atoms with E-state index in [4.69, 9.17) is 17.2 Å². The minimum absolute atomic E-state index is 0.233. The largest absolute Gasteiger partial charge is 0.397 e. The second kappa shape index (κ2) is 10.2. The molecule has 1 rings (SSSR count). The molecular formula is C13H19Br2N7O3. The Morgan fingerprint density at radius 1 is 1.32 bits per heavy atom. The van der Waals surface area contributed by atoms with Gasteiger partial charge >= 0.3 is 0 Å². The number of benzene rings is 1. The summed E-state index contributed by atoms with van der Waals surface area (Å²) in [5.74, 6) is -0.779. The van der Waals surface area contributed by atoms with Crippen molar-refractivity contribution < 1.29 is 9.83 Å². The third-order valence-corrected chi connectivity index (χ3v) is 4.49. The second-order valence-corrected chi connectivity index (χ2v) is 6.80. The summed E-state index contributed by atoms with van der Waals surface area (Å²) in [6.07, 6.45) is 0.901. The van der Waals surface area contributed by atoms with Crippen LogP contribution < -0.4 is 27.9 Å². The molecule has 1 amide bonds. The molecular weight excluding hydrogens is 462 g/mol. The van der Waals surface area contributed by atoms with Gasteiger partial charge in [-0.25, -0.2) is 15.1 Å². The van der Waals surface area contributed by atoms with E-state index in [9.17, 15) is 14.9 Å². The summed E-state index contributed by atoms with van der Waals surface area (Å²) in [7, 11) is 0. The predicted octanol–water partition coefficient (Wildman–Crippen LogP) is 0.614. The molecule has 1 aromatic carbocycles. The van der Waals surface area contributed by atoms with Gasteiger partial charge in [0.1, 0.15) is 0 Å². The maximum atomic E-state index is 11.5.